The van der Waals surface area contributed by atoms with Crippen molar-refractivity contribution >= 4 is 11.9 Å². The number of piperazine rings is 1. The molecule has 2 aromatic heterocycles. The lowest BCUT2D eigenvalue weighted by atomic mass is 10.3. The Morgan fingerprint density at radius 2 is 1.95 bits per heavy atom. The Morgan fingerprint density at radius 3 is 2.64 bits per heavy atom. The van der Waals surface area contributed by atoms with Crippen molar-refractivity contribution in [1.82, 2.24) is 19.9 Å². The fourth-order valence-electron chi connectivity index (χ4n) is 2.37. The molecule has 0 unspecified atom stereocenters. The Kier molecular flexibility index (Phi) is 4.29. The molecule has 8 heteroatoms. The lowest BCUT2D eigenvalue weighted by molar-refractivity contribution is 0.0740. The van der Waals surface area contributed by atoms with Crippen LogP contribution in [0.5, 0.6) is 0 Å². The maximum Gasteiger partial charge on any atom is 0.275 e. The minimum absolute atomic E-state index is 0.111. The molecule has 8 nitrogen and oxygen atoms in total. The van der Waals surface area contributed by atoms with E-state index in [-0.39, 0.29) is 5.91 Å². The van der Waals surface area contributed by atoms with Crippen molar-refractivity contribution in [1.29, 1.82) is 0 Å². The zero-order valence-electron chi connectivity index (χ0n) is 12.2. The average Bonchev–Trinajstić information content (AvgIpc) is 3.04. The molecule has 1 aliphatic rings. The van der Waals surface area contributed by atoms with Crippen molar-refractivity contribution in [3.8, 4) is 0 Å². The number of hydrogen-bond donors (Lipinski definition) is 1. The lowest BCUT2D eigenvalue weighted by Gasteiger charge is -2.34. The van der Waals surface area contributed by atoms with Crippen LogP contribution >= 0.6 is 0 Å². The monoisotopic (exact) mass is 302 g/mol. The predicted octanol–water partition coefficient (Wildman–Crippen LogP) is -0.0718. The molecule has 0 saturated carbocycles. The van der Waals surface area contributed by atoms with Gasteiger partial charge in [-0.05, 0) is 6.07 Å². The van der Waals surface area contributed by atoms with Gasteiger partial charge in [0.05, 0.1) is 0 Å². The van der Waals surface area contributed by atoms with Gasteiger partial charge in [0.25, 0.3) is 5.91 Å². The van der Waals surface area contributed by atoms with Gasteiger partial charge in [0.2, 0.25) is 5.95 Å². The van der Waals surface area contributed by atoms with E-state index in [4.69, 9.17) is 10.2 Å². The zero-order chi connectivity index (χ0) is 15.4. The van der Waals surface area contributed by atoms with Crippen LogP contribution in [0.2, 0.25) is 0 Å². The third-order valence-corrected chi connectivity index (χ3v) is 3.53. The van der Waals surface area contributed by atoms with Crippen LogP contribution in [0.1, 0.15) is 16.4 Å². The van der Waals surface area contributed by atoms with E-state index in [1.807, 2.05) is 0 Å². The molecule has 0 bridgehead atoms. The van der Waals surface area contributed by atoms with Gasteiger partial charge < -0.3 is 20.0 Å². The molecule has 1 amide bonds. The maximum atomic E-state index is 12.4. The Balaban J connectivity index is 1.59. The Bertz CT molecular complexity index is 621. The van der Waals surface area contributed by atoms with Crippen LogP contribution in [-0.2, 0) is 6.42 Å². The standard InChI is InChI=1S/C14H18N6O2/c15-3-2-12-18-11(10-22-12)13(21)19-6-8-20(9-7-19)14-16-4-1-5-17-14/h1,4-5,10H,2-3,6-9,15H2. The molecule has 0 radical (unpaired) electrons. The number of hydrogen-bond acceptors (Lipinski definition) is 7. The first-order valence-corrected chi connectivity index (χ1v) is 7.23. The van der Waals surface area contributed by atoms with Crippen molar-refractivity contribution in [2.75, 3.05) is 37.6 Å². The second-order valence-electron chi connectivity index (χ2n) is 4.99. The minimum atomic E-state index is -0.111. The van der Waals surface area contributed by atoms with Crippen molar-refractivity contribution in [3.63, 3.8) is 0 Å². The van der Waals surface area contributed by atoms with Gasteiger partial charge in [0, 0.05) is 51.5 Å². The van der Waals surface area contributed by atoms with E-state index in [1.165, 1.54) is 6.26 Å². The highest BCUT2D eigenvalue weighted by molar-refractivity contribution is 5.92. The third kappa shape index (κ3) is 3.06. The fourth-order valence-corrected chi connectivity index (χ4v) is 2.37. The van der Waals surface area contributed by atoms with Crippen LogP contribution in [-0.4, -0.2) is 58.5 Å². The fraction of sp³-hybridized carbons (Fsp3) is 0.429. The summed E-state index contributed by atoms with van der Waals surface area (Å²) in [5.41, 5.74) is 5.79. The summed E-state index contributed by atoms with van der Waals surface area (Å²) in [6, 6.07) is 1.78. The van der Waals surface area contributed by atoms with Crippen molar-refractivity contribution < 1.29 is 9.21 Å². The average molecular weight is 302 g/mol. The second-order valence-corrected chi connectivity index (χ2v) is 4.99. The number of amides is 1. The highest BCUT2D eigenvalue weighted by Gasteiger charge is 2.25. The Hall–Kier alpha value is -2.48. The van der Waals surface area contributed by atoms with E-state index in [0.29, 0.717) is 56.7 Å². The number of aromatic nitrogens is 3. The van der Waals surface area contributed by atoms with Gasteiger partial charge in [0.15, 0.2) is 11.6 Å². The van der Waals surface area contributed by atoms with E-state index in [0.717, 1.165) is 0 Å². The number of carbonyl (C=O) groups is 1. The SMILES string of the molecule is NCCc1nc(C(=O)N2CCN(c3ncccn3)CC2)co1. The summed E-state index contributed by atoms with van der Waals surface area (Å²) in [7, 11) is 0. The Morgan fingerprint density at radius 1 is 1.23 bits per heavy atom. The number of carbonyl (C=O) groups excluding carboxylic acids is 1. The van der Waals surface area contributed by atoms with E-state index in [1.54, 1.807) is 23.4 Å². The molecule has 1 aliphatic heterocycles. The van der Waals surface area contributed by atoms with Crippen LogP contribution in [0, 0.1) is 0 Å². The number of nitrogens with zero attached hydrogens (tertiary/aromatic N) is 5. The first-order valence-electron chi connectivity index (χ1n) is 7.23. The van der Waals surface area contributed by atoms with Gasteiger partial charge >= 0.3 is 0 Å². The summed E-state index contributed by atoms with van der Waals surface area (Å²) in [4.78, 5) is 28.8. The molecule has 0 spiro atoms. The summed E-state index contributed by atoms with van der Waals surface area (Å²) >= 11 is 0. The Labute approximate surface area is 128 Å². The van der Waals surface area contributed by atoms with Crippen LogP contribution in [0.3, 0.4) is 0 Å². The van der Waals surface area contributed by atoms with Gasteiger partial charge in [-0.1, -0.05) is 0 Å². The molecule has 0 aromatic carbocycles. The topological polar surface area (TPSA) is 101 Å². The number of oxazole rings is 1. The van der Waals surface area contributed by atoms with Crippen LogP contribution < -0.4 is 10.6 Å². The van der Waals surface area contributed by atoms with Gasteiger partial charge in [-0.2, -0.15) is 0 Å². The summed E-state index contributed by atoms with van der Waals surface area (Å²) < 4.78 is 5.24. The summed E-state index contributed by atoms with van der Waals surface area (Å²) in [6.45, 7) is 3.06. The van der Waals surface area contributed by atoms with E-state index in [9.17, 15) is 4.79 Å². The van der Waals surface area contributed by atoms with Gasteiger partial charge in [0.1, 0.15) is 6.26 Å². The quantitative estimate of drug-likeness (QED) is 0.843. The molecule has 0 atom stereocenters. The molecule has 2 N–H and O–H groups in total. The van der Waals surface area contributed by atoms with Crippen molar-refractivity contribution in [2.24, 2.45) is 5.73 Å². The molecule has 1 saturated heterocycles. The van der Waals surface area contributed by atoms with E-state index >= 15 is 0 Å². The van der Waals surface area contributed by atoms with Gasteiger partial charge in [-0.3, -0.25) is 4.79 Å². The molecular formula is C14H18N6O2. The summed E-state index contributed by atoms with van der Waals surface area (Å²) in [5, 5.41) is 0. The number of rotatable bonds is 4. The summed E-state index contributed by atoms with van der Waals surface area (Å²) in [6.07, 6.45) is 5.37. The van der Waals surface area contributed by atoms with Gasteiger partial charge in [-0.25, -0.2) is 15.0 Å². The molecule has 3 heterocycles. The molecular weight excluding hydrogens is 284 g/mol. The molecule has 22 heavy (non-hydrogen) atoms. The summed E-state index contributed by atoms with van der Waals surface area (Å²) in [5.74, 6) is 1.09. The molecule has 116 valence electrons. The van der Waals surface area contributed by atoms with Crippen LogP contribution in [0.25, 0.3) is 0 Å². The highest BCUT2D eigenvalue weighted by atomic mass is 16.3. The largest absolute Gasteiger partial charge is 0.448 e. The second kappa shape index (κ2) is 6.52. The molecule has 1 fully saturated rings. The third-order valence-electron chi connectivity index (χ3n) is 3.53. The lowest BCUT2D eigenvalue weighted by Crippen LogP contribution is -2.49. The number of nitrogens with two attached hydrogens (primary N) is 1. The van der Waals surface area contributed by atoms with Crippen molar-refractivity contribution in [2.45, 2.75) is 6.42 Å². The normalized spacial score (nSPS) is 15.1. The highest BCUT2D eigenvalue weighted by Crippen LogP contribution is 2.12. The van der Waals surface area contributed by atoms with Crippen LogP contribution in [0.15, 0.2) is 29.1 Å². The predicted molar refractivity (Wildman–Crippen MR) is 79.4 cm³/mol. The maximum absolute atomic E-state index is 12.4. The van der Waals surface area contributed by atoms with E-state index in [2.05, 4.69) is 19.9 Å². The van der Waals surface area contributed by atoms with E-state index < -0.39 is 0 Å². The number of anilines is 1. The zero-order valence-corrected chi connectivity index (χ0v) is 12.2. The minimum Gasteiger partial charge on any atom is -0.448 e. The molecule has 0 aliphatic carbocycles. The molecule has 2 aromatic rings. The van der Waals surface area contributed by atoms with Crippen molar-refractivity contribution in [3.05, 3.63) is 36.3 Å². The first kappa shape index (κ1) is 14.5. The van der Waals surface area contributed by atoms with Crippen LogP contribution in [0.4, 0.5) is 5.95 Å². The first-order chi connectivity index (χ1) is 10.8. The van der Waals surface area contributed by atoms with Gasteiger partial charge in [-0.15, -0.1) is 0 Å². The molecule has 3 rings (SSSR count). The smallest absolute Gasteiger partial charge is 0.275 e.